The quantitative estimate of drug-likeness (QED) is 0.840. The number of carbonyl (C=O) groups excluding carboxylic acids is 1. The summed E-state index contributed by atoms with van der Waals surface area (Å²) in [6, 6.07) is 4.58. The van der Waals surface area contributed by atoms with E-state index >= 15 is 0 Å². The molecule has 1 aliphatic heterocycles. The number of hydrogen-bond donors (Lipinski definition) is 1. The molecule has 6 heteroatoms. The van der Waals surface area contributed by atoms with Gasteiger partial charge in [-0.25, -0.2) is 4.98 Å². The molecule has 1 aliphatic carbocycles. The number of anilines is 1. The number of morpholine rings is 1. The monoisotopic (exact) mass is 355 g/mol. The SMILES string of the molecule is CC.CNc1ccc(C(C)N2CCOCC2)cn1.O=CC1CC1.S. The van der Waals surface area contributed by atoms with Gasteiger partial charge < -0.3 is 14.8 Å². The number of rotatable bonds is 4. The smallest absolute Gasteiger partial charge is 0.125 e. The van der Waals surface area contributed by atoms with Crippen LogP contribution < -0.4 is 5.32 Å². The third-order valence-corrected chi connectivity index (χ3v) is 3.93. The van der Waals surface area contributed by atoms with Gasteiger partial charge in [-0.3, -0.25) is 4.90 Å². The topological polar surface area (TPSA) is 54.5 Å². The molecule has 0 bridgehead atoms. The van der Waals surface area contributed by atoms with Crippen molar-refractivity contribution in [1.29, 1.82) is 0 Å². The Morgan fingerprint density at radius 1 is 1.29 bits per heavy atom. The predicted octanol–water partition coefficient (Wildman–Crippen LogP) is 3.25. The number of pyridine rings is 1. The standard InChI is InChI=1S/C12H19N3O.C4H6O.C2H6.H2S/c1-10(15-5-7-16-8-6-15)11-3-4-12(13-2)14-9-11;5-3-4-1-2-4;1-2;/h3-4,9-10H,5-8H2,1-2H3,(H,13,14);3-4H,1-2H2;1-2H3;1H2. The lowest BCUT2D eigenvalue weighted by atomic mass is 10.1. The Morgan fingerprint density at radius 3 is 2.29 bits per heavy atom. The highest BCUT2D eigenvalue weighted by Crippen LogP contribution is 2.25. The van der Waals surface area contributed by atoms with Crippen LogP contribution in [-0.2, 0) is 9.53 Å². The predicted molar refractivity (Wildman–Crippen MR) is 105 cm³/mol. The molecule has 2 fully saturated rings. The Morgan fingerprint density at radius 2 is 1.92 bits per heavy atom. The van der Waals surface area contributed by atoms with Crippen LogP contribution in [-0.4, -0.2) is 49.5 Å². The third-order valence-electron chi connectivity index (χ3n) is 3.93. The van der Waals surface area contributed by atoms with Crippen molar-refractivity contribution >= 4 is 25.6 Å². The highest BCUT2D eigenvalue weighted by atomic mass is 32.1. The van der Waals surface area contributed by atoms with Crippen molar-refractivity contribution in [2.24, 2.45) is 5.92 Å². The molecule has 1 saturated heterocycles. The Kier molecular flexibility index (Phi) is 12.6. The van der Waals surface area contributed by atoms with E-state index in [1.54, 1.807) is 0 Å². The summed E-state index contributed by atoms with van der Waals surface area (Å²) in [4.78, 5) is 16.3. The van der Waals surface area contributed by atoms with E-state index in [-0.39, 0.29) is 13.5 Å². The first-order valence-corrected chi connectivity index (χ1v) is 8.65. The molecule has 1 aromatic heterocycles. The average Bonchev–Trinajstić information content (AvgIpc) is 3.49. The first-order valence-electron chi connectivity index (χ1n) is 8.65. The lowest BCUT2D eigenvalue weighted by Crippen LogP contribution is -2.38. The van der Waals surface area contributed by atoms with Gasteiger partial charge in [0.25, 0.3) is 0 Å². The van der Waals surface area contributed by atoms with Gasteiger partial charge in [-0.15, -0.1) is 0 Å². The summed E-state index contributed by atoms with van der Waals surface area (Å²) < 4.78 is 5.35. The summed E-state index contributed by atoms with van der Waals surface area (Å²) in [5, 5.41) is 3.03. The summed E-state index contributed by atoms with van der Waals surface area (Å²) in [5.41, 5.74) is 1.26. The molecule has 0 amide bonds. The number of hydrogen-bond acceptors (Lipinski definition) is 5. The summed E-state index contributed by atoms with van der Waals surface area (Å²) in [6.07, 6.45) is 5.26. The fourth-order valence-electron chi connectivity index (χ4n) is 2.21. The number of aromatic nitrogens is 1. The number of nitrogens with zero attached hydrogens (tertiary/aromatic N) is 2. The number of aldehydes is 1. The maximum absolute atomic E-state index is 9.57. The maximum Gasteiger partial charge on any atom is 0.125 e. The van der Waals surface area contributed by atoms with Gasteiger partial charge in [-0.2, -0.15) is 13.5 Å². The second-order valence-electron chi connectivity index (χ2n) is 5.52. The zero-order valence-electron chi connectivity index (χ0n) is 15.4. The molecule has 138 valence electrons. The third kappa shape index (κ3) is 8.13. The molecule has 0 aromatic carbocycles. The van der Waals surface area contributed by atoms with E-state index < -0.39 is 0 Å². The van der Waals surface area contributed by atoms with Crippen LogP contribution in [0.1, 0.15) is 45.2 Å². The van der Waals surface area contributed by atoms with E-state index in [2.05, 4.69) is 28.2 Å². The summed E-state index contributed by atoms with van der Waals surface area (Å²) in [7, 11) is 1.88. The van der Waals surface area contributed by atoms with Crippen LogP contribution in [0.25, 0.3) is 0 Å². The van der Waals surface area contributed by atoms with Crippen LogP contribution >= 0.6 is 13.5 Å². The van der Waals surface area contributed by atoms with Gasteiger partial charge in [0.05, 0.1) is 13.2 Å². The van der Waals surface area contributed by atoms with Crippen molar-refractivity contribution in [3.8, 4) is 0 Å². The lowest BCUT2D eigenvalue weighted by Gasteiger charge is -2.32. The van der Waals surface area contributed by atoms with Crippen molar-refractivity contribution in [2.75, 3.05) is 38.7 Å². The average molecular weight is 356 g/mol. The fraction of sp³-hybridized carbons (Fsp3) is 0.667. The molecular weight excluding hydrogens is 322 g/mol. The minimum absolute atomic E-state index is 0. The second kappa shape index (κ2) is 13.2. The molecule has 2 heterocycles. The van der Waals surface area contributed by atoms with E-state index in [1.165, 1.54) is 5.56 Å². The first-order chi connectivity index (χ1) is 11.2. The highest BCUT2D eigenvalue weighted by Gasteiger charge is 2.19. The molecule has 3 rings (SSSR count). The number of nitrogens with one attached hydrogen (secondary N) is 1. The van der Waals surface area contributed by atoms with E-state index in [0.717, 1.165) is 51.2 Å². The Hall–Kier alpha value is -1.11. The molecule has 2 aliphatic rings. The van der Waals surface area contributed by atoms with Crippen molar-refractivity contribution < 1.29 is 9.53 Å². The molecule has 1 atom stereocenters. The summed E-state index contributed by atoms with van der Waals surface area (Å²) in [5.74, 6) is 1.37. The van der Waals surface area contributed by atoms with Crippen LogP contribution in [0.15, 0.2) is 18.3 Å². The van der Waals surface area contributed by atoms with Gasteiger partial charge in [0.15, 0.2) is 0 Å². The van der Waals surface area contributed by atoms with Gasteiger partial charge in [0.2, 0.25) is 0 Å². The Balaban J connectivity index is 0.000000560. The Bertz CT molecular complexity index is 432. The number of carbonyl (C=O) groups is 1. The van der Waals surface area contributed by atoms with Gasteiger partial charge in [0, 0.05) is 38.3 Å². The highest BCUT2D eigenvalue weighted by molar-refractivity contribution is 7.59. The van der Waals surface area contributed by atoms with Crippen molar-refractivity contribution in [3.05, 3.63) is 23.9 Å². The molecule has 1 N–H and O–H groups in total. The fourth-order valence-corrected chi connectivity index (χ4v) is 2.21. The Labute approximate surface area is 153 Å². The molecule has 0 radical (unpaired) electrons. The maximum atomic E-state index is 9.57. The largest absolute Gasteiger partial charge is 0.379 e. The minimum atomic E-state index is 0. The van der Waals surface area contributed by atoms with Gasteiger partial charge in [-0.05, 0) is 31.4 Å². The number of ether oxygens (including phenoxy) is 1. The van der Waals surface area contributed by atoms with Crippen LogP contribution in [0.5, 0.6) is 0 Å². The summed E-state index contributed by atoms with van der Waals surface area (Å²) in [6.45, 7) is 9.92. The zero-order chi connectivity index (χ0) is 17.1. The minimum Gasteiger partial charge on any atom is -0.379 e. The normalized spacial score (nSPS) is 17.8. The second-order valence-corrected chi connectivity index (χ2v) is 5.52. The van der Waals surface area contributed by atoms with Gasteiger partial charge in [0.1, 0.15) is 12.1 Å². The molecule has 5 nitrogen and oxygen atoms in total. The van der Waals surface area contributed by atoms with E-state index in [0.29, 0.717) is 12.0 Å². The molecule has 24 heavy (non-hydrogen) atoms. The van der Waals surface area contributed by atoms with Gasteiger partial charge >= 0.3 is 0 Å². The molecule has 1 saturated carbocycles. The zero-order valence-corrected chi connectivity index (χ0v) is 16.4. The summed E-state index contributed by atoms with van der Waals surface area (Å²) >= 11 is 0. The van der Waals surface area contributed by atoms with Crippen molar-refractivity contribution in [1.82, 2.24) is 9.88 Å². The van der Waals surface area contributed by atoms with E-state index in [4.69, 9.17) is 4.74 Å². The van der Waals surface area contributed by atoms with Crippen molar-refractivity contribution in [3.63, 3.8) is 0 Å². The van der Waals surface area contributed by atoms with Crippen LogP contribution in [0, 0.1) is 5.92 Å². The molecule has 1 unspecified atom stereocenters. The lowest BCUT2D eigenvalue weighted by molar-refractivity contribution is -0.108. The first kappa shape index (κ1) is 22.9. The van der Waals surface area contributed by atoms with E-state index in [1.807, 2.05) is 33.2 Å². The van der Waals surface area contributed by atoms with Crippen LogP contribution in [0.2, 0.25) is 0 Å². The molecule has 1 aromatic rings. The van der Waals surface area contributed by atoms with Crippen LogP contribution in [0.3, 0.4) is 0 Å². The molecule has 0 spiro atoms. The van der Waals surface area contributed by atoms with E-state index in [9.17, 15) is 4.79 Å². The van der Waals surface area contributed by atoms with Crippen LogP contribution in [0.4, 0.5) is 5.82 Å². The van der Waals surface area contributed by atoms with Gasteiger partial charge in [-0.1, -0.05) is 19.9 Å². The molecular formula is C18H33N3O2S. The van der Waals surface area contributed by atoms with Crippen molar-refractivity contribution in [2.45, 2.75) is 39.7 Å².